The summed E-state index contributed by atoms with van der Waals surface area (Å²) in [6.45, 7) is 6.59. The lowest BCUT2D eigenvalue weighted by Crippen LogP contribution is -2.22. The summed E-state index contributed by atoms with van der Waals surface area (Å²) in [6, 6.07) is 1.67. The van der Waals surface area contributed by atoms with Gasteiger partial charge in [0.2, 0.25) is 5.91 Å². The highest BCUT2D eigenvalue weighted by molar-refractivity contribution is 5.76. The SMILES string of the molecule is CNC(=O)CCNc1cc(N)nc(C(C)(C)C)n1. The molecule has 0 radical (unpaired) electrons. The van der Waals surface area contributed by atoms with Crippen LogP contribution in [0.15, 0.2) is 6.07 Å². The van der Waals surface area contributed by atoms with E-state index in [9.17, 15) is 4.79 Å². The zero-order valence-electron chi connectivity index (χ0n) is 11.4. The van der Waals surface area contributed by atoms with Crippen LogP contribution in [0, 0.1) is 0 Å². The van der Waals surface area contributed by atoms with E-state index in [1.807, 2.05) is 20.8 Å². The van der Waals surface area contributed by atoms with Crippen LogP contribution in [0.2, 0.25) is 0 Å². The van der Waals surface area contributed by atoms with Gasteiger partial charge >= 0.3 is 0 Å². The molecule has 1 aromatic heterocycles. The molecule has 100 valence electrons. The summed E-state index contributed by atoms with van der Waals surface area (Å²) in [4.78, 5) is 19.7. The van der Waals surface area contributed by atoms with Gasteiger partial charge in [-0.2, -0.15) is 0 Å². The molecule has 1 aromatic rings. The Hall–Kier alpha value is -1.85. The first kappa shape index (κ1) is 14.2. The monoisotopic (exact) mass is 251 g/mol. The van der Waals surface area contributed by atoms with Gasteiger partial charge in [-0.05, 0) is 0 Å². The number of hydrogen-bond donors (Lipinski definition) is 3. The first-order chi connectivity index (χ1) is 8.32. The normalized spacial score (nSPS) is 11.1. The molecule has 0 aliphatic carbocycles. The molecule has 18 heavy (non-hydrogen) atoms. The maximum absolute atomic E-state index is 11.1. The Balaban J connectivity index is 2.72. The van der Waals surface area contributed by atoms with Crippen LogP contribution in [0.25, 0.3) is 0 Å². The lowest BCUT2D eigenvalue weighted by atomic mass is 9.96. The predicted molar refractivity (Wildman–Crippen MR) is 72.3 cm³/mol. The molecule has 0 saturated heterocycles. The van der Waals surface area contributed by atoms with Gasteiger partial charge in [-0.15, -0.1) is 0 Å². The Labute approximate surface area is 107 Å². The summed E-state index contributed by atoms with van der Waals surface area (Å²) in [5.74, 6) is 1.75. The number of rotatable bonds is 4. The zero-order valence-corrected chi connectivity index (χ0v) is 11.4. The third-order valence-electron chi connectivity index (χ3n) is 2.35. The van der Waals surface area contributed by atoms with Gasteiger partial charge in [0.05, 0.1) is 0 Å². The van der Waals surface area contributed by atoms with Crippen LogP contribution >= 0.6 is 0 Å². The molecule has 0 unspecified atom stereocenters. The number of carbonyl (C=O) groups excluding carboxylic acids is 1. The van der Waals surface area contributed by atoms with Crippen molar-refractivity contribution < 1.29 is 4.79 Å². The Kier molecular flexibility index (Phi) is 4.47. The second-order valence-corrected chi connectivity index (χ2v) is 5.10. The Morgan fingerprint density at radius 1 is 1.39 bits per heavy atom. The second-order valence-electron chi connectivity index (χ2n) is 5.10. The van der Waals surface area contributed by atoms with E-state index in [4.69, 9.17) is 5.73 Å². The fourth-order valence-corrected chi connectivity index (χ4v) is 1.32. The second kappa shape index (κ2) is 5.66. The average molecular weight is 251 g/mol. The summed E-state index contributed by atoms with van der Waals surface area (Å²) in [7, 11) is 1.61. The molecule has 6 nitrogen and oxygen atoms in total. The van der Waals surface area contributed by atoms with Crippen LogP contribution in [0.5, 0.6) is 0 Å². The molecule has 0 aliphatic heterocycles. The van der Waals surface area contributed by atoms with Crippen molar-refractivity contribution in [3.05, 3.63) is 11.9 Å². The lowest BCUT2D eigenvalue weighted by molar-refractivity contribution is -0.120. The maximum atomic E-state index is 11.1. The Morgan fingerprint density at radius 3 is 2.61 bits per heavy atom. The Morgan fingerprint density at radius 2 is 2.06 bits per heavy atom. The van der Waals surface area contributed by atoms with E-state index in [0.717, 1.165) is 0 Å². The molecule has 1 amide bonds. The Bertz CT molecular complexity index is 425. The maximum Gasteiger partial charge on any atom is 0.221 e. The zero-order chi connectivity index (χ0) is 13.8. The van der Waals surface area contributed by atoms with E-state index in [1.54, 1.807) is 13.1 Å². The molecule has 1 rings (SSSR count). The number of nitrogen functional groups attached to an aromatic ring is 1. The standard InChI is InChI=1S/C12H21N5O/c1-12(2,3)11-16-8(13)7-9(17-11)15-6-5-10(18)14-4/h7H,5-6H2,1-4H3,(H,14,18)(H3,13,15,16,17). The molecule has 0 aromatic carbocycles. The molecule has 0 atom stereocenters. The van der Waals surface area contributed by atoms with Gasteiger partial charge in [0.1, 0.15) is 17.5 Å². The van der Waals surface area contributed by atoms with Crippen LogP contribution in [-0.2, 0) is 10.2 Å². The van der Waals surface area contributed by atoms with Crippen LogP contribution < -0.4 is 16.4 Å². The topological polar surface area (TPSA) is 92.9 Å². The number of nitrogens with two attached hydrogens (primary N) is 1. The average Bonchev–Trinajstić information content (AvgIpc) is 2.27. The minimum absolute atomic E-state index is 0.0134. The molecular formula is C12H21N5O. The van der Waals surface area contributed by atoms with E-state index >= 15 is 0 Å². The van der Waals surface area contributed by atoms with Gasteiger partial charge < -0.3 is 16.4 Å². The van der Waals surface area contributed by atoms with Crippen LogP contribution in [0.3, 0.4) is 0 Å². The van der Waals surface area contributed by atoms with Gasteiger partial charge in [-0.25, -0.2) is 9.97 Å². The largest absolute Gasteiger partial charge is 0.384 e. The van der Waals surface area contributed by atoms with Crippen LogP contribution in [0.4, 0.5) is 11.6 Å². The highest BCUT2D eigenvalue weighted by atomic mass is 16.1. The summed E-state index contributed by atoms with van der Waals surface area (Å²) < 4.78 is 0. The molecule has 0 spiro atoms. The van der Waals surface area contributed by atoms with Gasteiger partial charge in [0.15, 0.2) is 0 Å². The number of carbonyl (C=O) groups is 1. The molecule has 6 heteroatoms. The van der Waals surface area contributed by atoms with Crippen molar-refractivity contribution in [1.29, 1.82) is 0 Å². The first-order valence-corrected chi connectivity index (χ1v) is 5.92. The fourth-order valence-electron chi connectivity index (χ4n) is 1.32. The van der Waals surface area contributed by atoms with E-state index in [0.29, 0.717) is 30.4 Å². The lowest BCUT2D eigenvalue weighted by Gasteiger charge is -2.18. The summed E-state index contributed by atoms with van der Waals surface area (Å²) >= 11 is 0. The number of anilines is 2. The molecule has 0 aliphatic rings. The molecule has 0 fully saturated rings. The highest BCUT2D eigenvalue weighted by Crippen LogP contribution is 2.21. The van der Waals surface area contributed by atoms with Crippen molar-refractivity contribution in [2.24, 2.45) is 0 Å². The van der Waals surface area contributed by atoms with Crippen molar-refractivity contribution in [3.63, 3.8) is 0 Å². The van der Waals surface area contributed by atoms with Gasteiger partial charge in [0.25, 0.3) is 0 Å². The van der Waals surface area contributed by atoms with Gasteiger partial charge in [-0.3, -0.25) is 4.79 Å². The molecule has 4 N–H and O–H groups in total. The third kappa shape index (κ3) is 4.20. The quantitative estimate of drug-likeness (QED) is 0.739. The van der Waals surface area contributed by atoms with E-state index in [-0.39, 0.29) is 11.3 Å². The number of nitrogens with zero attached hydrogens (tertiary/aromatic N) is 2. The minimum Gasteiger partial charge on any atom is -0.384 e. The van der Waals surface area contributed by atoms with Crippen molar-refractivity contribution in [1.82, 2.24) is 15.3 Å². The number of nitrogens with one attached hydrogen (secondary N) is 2. The molecular weight excluding hydrogens is 230 g/mol. The third-order valence-corrected chi connectivity index (χ3v) is 2.35. The van der Waals surface area contributed by atoms with E-state index in [1.165, 1.54) is 0 Å². The smallest absolute Gasteiger partial charge is 0.221 e. The predicted octanol–water partition coefficient (Wildman–Crippen LogP) is 0.904. The van der Waals surface area contributed by atoms with Crippen molar-refractivity contribution in [2.75, 3.05) is 24.6 Å². The number of hydrogen-bond acceptors (Lipinski definition) is 5. The van der Waals surface area contributed by atoms with Gasteiger partial charge in [-0.1, -0.05) is 20.8 Å². The van der Waals surface area contributed by atoms with Crippen LogP contribution in [-0.4, -0.2) is 29.5 Å². The van der Waals surface area contributed by atoms with E-state index < -0.39 is 0 Å². The van der Waals surface area contributed by atoms with Crippen molar-refractivity contribution in [2.45, 2.75) is 32.6 Å². The molecule has 0 bridgehead atoms. The highest BCUT2D eigenvalue weighted by Gasteiger charge is 2.18. The van der Waals surface area contributed by atoms with Crippen molar-refractivity contribution in [3.8, 4) is 0 Å². The number of aromatic nitrogens is 2. The van der Waals surface area contributed by atoms with Crippen LogP contribution in [0.1, 0.15) is 33.0 Å². The van der Waals surface area contributed by atoms with Gasteiger partial charge in [0, 0.05) is 31.5 Å². The molecule has 1 heterocycles. The number of amides is 1. The summed E-state index contributed by atoms with van der Waals surface area (Å²) in [5.41, 5.74) is 5.58. The first-order valence-electron chi connectivity index (χ1n) is 5.92. The minimum atomic E-state index is -0.160. The summed E-state index contributed by atoms with van der Waals surface area (Å²) in [5, 5.41) is 5.63. The van der Waals surface area contributed by atoms with E-state index in [2.05, 4.69) is 20.6 Å². The van der Waals surface area contributed by atoms with Crippen molar-refractivity contribution >= 4 is 17.5 Å². The fraction of sp³-hybridized carbons (Fsp3) is 0.583. The summed E-state index contributed by atoms with van der Waals surface area (Å²) in [6.07, 6.45) is 0.394. The molecule has 0 saturated carbocycles.